The fourth-order valence-electron chi connectivity index (χ4n) is 4.73. The third kappa shape index (κ3) is 5.34. The van der Waals surface area contributed by atoms with Crippen molar-refractivity contribution < 1.29 is 14.3 Å². The van der Waals surface area contributed by atoms with Gasteiger partial charge in [0, 0.05) is 51.9 Å². The van der Waals surface area contributed by atoms with E-state index in [-0.39, 0.29) is 5.92 Å². The highest BCUT2D eigenvalue weighted by molar-refractivity contribution is 5.79. The first-order valence-electron chi connectivity index (χ1n) is 11.1. The molecule has 3 saturated heterocycles. The van der Waals surface area contributed by atoms with Crippen molar-refractivity contribution in [2.24, 2.45) is 5.92 Å². The Morgan fingerprint density at radius 3 is 2.14 bits per heavy atom. The lowest BCUT2D eigenvalue weighted by Crippen LogP contribution is -2.46. The number of nitrogens with zero attached hydrogens (tertiary/aromatic N) is 2. The summed E-state index contributed by atoms with van der Waals surface area (Å²) in [5, 5.41) is 0. The van der Waals surface area contributed by atoms with E-state index in [1.807, 2.05) is 0 Å². The van der Waals surface area contributed by atoms with Crippen LogP contribution in [0.5, 0.6) is 0 Å². The molecule has 0 saturated carbocycles. The number of hydrogen-bond acceptors (Lipinski definition) is 4. The van der Waals surface area contributed by atoms with Crippen LogP contribution in [0, 0.1) is 5.92 Å². The molecule has 0 spiro atoms. The van der Waals surface area contributed by atoms with Gasteiger partial charge in [0.05, 0.1) is 12.2 Å². The zero-order chi connectivity index (χ0) is 19.2. The number of likely N-dealkylation sites (tertiary alicyclic amines) is 2. The molecule has 0 aliphatic carbocycles. The summed E-state index contributed by atoms with van der Waals surface area (Å²) in [5.74, 6) is 0.524. The van der Waals surface area contributed by atoms with Gasteiger partial charge in [0.2, 0.25) is 5.91 Å². The zero-order valence-corrected chi connectivity index (χ0v) is 16.9. The Kier molecular flexibility index (Phi) is 7.00. The summed E-state index contributed by atoms with van der Waals surface area (Å²) in [6.07, 6.45) is 6.69. The molecule has 154 valence electrons. The minimum Gasteiger partial charge on any atom is -0.381 e. The van der Waals surface area contributed by atoms with Gasteiger partial charge in [-0.1, -0.05) is 30.3 Å². The Balaban J connectivity index is 1.15. The van der Waals surface area contributed by atoms with E-state index >= 15 is 0 Å². The van der Waals surface area contributed by atoms with Crippen molar-refractivity contribution in [2.45, 2.75) is 57.3 Å². The largest absolute Gasteiger partial charge is 0.381 e. The number of ether oxygens (including phenoxy) is 2. The molecule has 3 aliphatic heterocycles. The van der Waals surface area contributed by atoms with Gasteiger partial charge in [0.25, 0.3) is 0 Å². The van der Waals surface area contributed by atoms with E-state index in [2.05, 4.69) is 40.1 Å². The molecule has 3 fully saturated rings. The molecule has 0 bridgehead atoms. The molecule has 0 unspecified atom stereocenters. The molecule has 5 nitrogen and oxygen atoms in total. The van der Waals surface area contributed by atoms with Gasteiger partial charge >= 0.3 is 0 Å². The van der Waals surface area contributed by atoms with Crippen LogP contribution in [-0.4, -0.2) is 67.3 Å². The molecule has 1 amide bonds. The highest BCUT2D eigenvalue weighted by atomic mass is 16.5. The number of carbonyl (C=O) groups is 1. The smallest absolute Gasteiger partial charge is 0.225 e. The second kappa shape index (κ2) is 9.86. The average molecular weight is 387 g/mol. The van der Waals surface area contributed by atoms with Crippen molar-refractivity contribution in [3.05, 3.63) is 35.9 Å². The summed E-state index contributed by atoms with van der Waals surface area (Å²) in [5.41, 5.74) is 1.39. The van der Waals surface area contributed by atoms with Crippen LogP contribution in [0.15, 0.2) is 30.3 Å². The Morgan fingerprint density at radius 2 is 1.50 bits per heavy atom. The van der Waals surface area contributed by atoms with Gasteiger partial charge in [0.1, 0.15) is 0 Å². The fraction of sp³-hybridized carbons (Fsp3) is 0.696. The highest BCUT2D eigenvalue weighted by Crippen LogP contribution is 2.24. The van der Waals surface area contributed by atoms with E-state index in [1.54, 1.807) is 0 Å². The number of benzene rings is 1. The molecule has 3 heterocycles. The van der Waals surface area contributed by atoms with Crippen LogP contribution >= 0.6 is 0 Å². The van der Waals surface area contributed by atoms with Crippen LogP contribution in [0.4, 0.5) is 0 Å². The fourth-order valence-corrected chi connectivity index (χ4v) is 4.73. The molecule has 0 atom stereocenters. The van der Waals surface area contributed by atoms with Crippen molar-refractivity contribution in [1.82, 2.24) is 9.80 Å². The molecular weight excluding hydrogens is 352 g/mol. The topological polar surface area (TPSA) is 42.0 Å². The van der Waals surface area contributed by atoms with Gasteiger partial charge in [-0.2, -0.15) is 0 Å². The van der Waals surface area contributed by atoms with Gasteiger partial charge < -0.3 is 14.4 Å². The lowest BCUT2D eigenvalue weighted by Gasteiger charge is -2.38. The number of carbonyl (C=O) groups excluding carboxylic acids is 1. The van der Waals surface area contributed by atoms with Crippen molar-refractivity contribution in [1.29, 1.82) is 0 Å². The van der Waals surface area contributed by atoms with E-state index < -0.39 is 0 Å². The van der Waals surface area contributed by atoms with Crippen molar-refractivity contribution >= 4 is 5.91 Å². The van der Waals surface area contributed by atoms with Gasteiger partial charge in [-0.15, -0.1) is 0 Å². The highest BCUT2D eigenvalue weighted by Gasteiger charge is 2.31. The summed E-state index contributed by atoms with van der Waals surface area (Å²) in [6.45, 7) is 6.45. The van der Waals surface area contributed by atoms with Crippen molar-refractivity contribution in [3.63, 3.8) is 0 Å². The quantitative estimate of drug-likeness (QED) is 0.780. The number of rotatable bonds is 5. The van der Waals surface area contributed by atoms with Gasteiger partial charge in [-0.05, 0) is 44.1 Å². The van der Waals surface area contributed by atoms with Gasteiger partial charge in [0.15, 0.2) is 0 Å². The summed E-state index contributed by atoms with van der Waals surface area (Å²) < 4.78 is 11.8. The van der Waals surface area contributed by atoms with Gasteiger partial charge in [-0.25, -0.2) is 0 Å². The third-order valence-electron chi connectivity index (χ3n) is 6.49. The molecule has 5 heteroatoms. The first-order chi connectivity index (χ1) is 13.8. The Hall–Kier alpha value is -1.43. The summed E-state index contributed by atoms with van der Waals surface area (Å²) in [7, 11) is 0. The van der Waals surface area contributed by atoms with E-state index in [0.717, 1.165) is 84.5 Å². The first kappa shape index (κ1) is 19.9. The van der Waals surface area contributed by atoms with E-state index in [1.165, 1.54) is 5.56 Å². The lowest BCUT2D eigenvalue weighted by atomic mass is 9.97. The lowest BCUT2D eigenvalue weighted by molar-refractivity contribution is -0.142. The zero-order valence-electron chi connectivity index (χ0n) is 16.9. The second-order valence-electron chi connectivity index (χ2n) is 8.51. The predicted molar refractivity (Wildman–Crippen MR) is 109 cm³/mol. The molecule has 0 aromatic heterocycles. The van der Waals surface area contributed by atoms with E-state index in [0.29, 0.717) is 18.1 Å². The molecule has 3 aliphatic rings. The van der Waals surface area contributed by atoms with Crippen molar-refractivity contribution in [3.8, 4) is 0 Å². The maximum atomic E-state index is 12.7. The van der Waals surface area contributed by atoms with Crippen LogP contribution in [0.25, 0.3) is 0 Å². The minimum absolute atomic E-state index is 0.181. The second-order valence-corrected chi connectivity index (χ2v) is 8.51. The molecule has 0 radical (unpaired) electrons. The van der Waals surface area contributed by atoms with Crippen molar-refractivity contribution in [2.75, 3.05) is 39.4 Å². The van der Waals surface area contributed by atoms with E-state index in [4.69, 9.17) is 9.47 Å². The monoisotopic (exact) mass is 386 g/mol. The molecule has 4 rings (SSSR count). The van der Waals surface area contributed by atoms with Crippen LogP contribution in [0.1, 0.15) is 44.1 Å². The standard InChI is InChI=1S/C23H34N2O3/c26-23(20-10-16-27-17-11-20)25-14-8-22(9-15-25)28-21-6-12-24(13-7-21)18-19-4-2-1-3-5-19/h1-5,20-22H,6-18H2. The minimum atomic E-state index is 0.181. The first-order valence-corrected chi connectivity index (χ1v) is 11.1. The van der Waals surface area contributed by atoms with Crippen LogP contribution in [0.3, 0.4) is 0 Å². The number of hydrogen-bond donors (Lipinski definition) is 0. The molecular formula is C23H34N2O3. The molecule has 1 aromatic rings. The maximum absolute atomic E-state index is 12.7. The van der Waals surface area contributed by atoms with Crippen LogP contribution in [-0.2, 0) is 20.8 Å². The summed E-state index contributed by atoms with van der Waals surface area (Å²) >= 11 is 0. The molecule has 28 heavy (non-hydrogen) atoms. The Morgan fingerprint density at radius 1 is 0.893 bits per heavy atom. The normalized spacial score (nSPS) is 23.8. The maximum Gasteiger partial charge on any atom is 0.225 e. The van der Waals surface area contributed by atoms with Crippen LogP contribution < -0.4 is 0 Å². The summed E-state index contributed by atoms with van der Waals surface area (Å²) in [4.78, 5) is 17.3. The Labute approximate surface area is 169 Å². The average Bonchev–Trinajstić information content (AvgIpc) is 2.76. The summed E-state index contributed by atoms with van der Waals surface area (Å²) in [6, 6.07) is 10.7. The third-order valence-corrected chi connectivity index (χ3v) is 6.49. The Bertz CT molecular complexity index is 602. The van der Waals surface area contributed by atoms with Crippen LogP contribution in [0.2, 0.25) is 0 Å². The van der Waals surface area contributed by atoms with Gasteiger partial charge in [-0.3, -0.25) is 9.69 Å². The molecule has 0 N–H and O–H groups in total. The number of piperidine rings is 2. The predicted octanol–water partition coefficient (Wildman–Crippen LogP) is 3.09. The number of amides is 1. The SMILES string of the molecule is O=C(C1CCOCC1)N1CCC(OC2CCN(Cc3ccccc3)CC2)CC1. The van der Waals surface area contributed by atoms with E-state index in [9.17, 15) is 4.79 Å². The molecule has 1 aromatic carbocycles.